The molecule has 0 fully saturated rings. The zero-order valence-corrected chi connectivity index (χ0v) is 12.5. The largest absolute Gasteiger partial charge is 0.496 e. The van der Waals surface area contributed by atoms with Crippen molar-refractivity contribution in [2.24, 2.45) is 5.41 Å². The van der Waals surface area contributed by atoms with Gasteiger partial charge in [-0.15, -0.1) is 0 Å². The predicted octanol–water partition coefficient (Wildman–Crippen LogP) is 2.75. The Balaban J connectivity index is 3.15. The van der Waals surface area contributed by atoms with Gasteiger partial charge >= 0.3 is 5.97 Å². The Kier molecular flexibility index (Phi) is 4.81. The second kappa shape index (κ2) is 5.95. The highest BCUT2D eigenvalue weighted by atomic mass is 16.5. The van der Waals surface area contributed by atoms with Crippen molar-refractivity contribution in [3.05, 3.63) is 23.3 Å². The van der Waals surface area contributed by atoms with E-state index in [0.29, 0.717) is 6.42 Å². The molecule has 0 aliphatic rings. The molecule has 1 aromatic carbocycles. The van der Waals surface area contributed by atoms with Crippen LogP contribution in [0.4, 0.5) is 0 Å². The molecule has 106 valence electrons. The zero-order chi connectivity index (χ0) is 14.6. The van der Waals surface area contributed by atoms with Gasteiger partial charge in [0.1, 0.15) is 11.5 Å². The van der Waals surface area contributed by atoms with Crippen molar-refractivity contribution in [1.29, 1.82) is 0 Å². The maximum absolute atomic E-state index is 11.8. The molecule has 0 bridgehead atoms. The van der Waals surface area contributed by atoms with Crippen LogP contribution in [0.15, 0.2) is 12.1 Å². The van der Waals surface area contributed by atoms with E-state index in [-0.39, 0.29) is 5.97 Å². The molecule has 0 saturated heterocycles. The monoisotopic (exact) mass is 266 g/mol. The second-order valence-corrected chi connectivity index (χ2v) is 5.19. The number of aryl methyl sites for hydroxylation is 1. The van der Waals surface area contributed by atoms with Crippen molar-refractivity contribution >= 4 is 5.97 Å². The topological polar surface area (TPSA) is 44.8 Å². The summed E-state index contributed by atoms with van der Waals surface area (Å²) < 4.78 is 15.5. The summed E-state index contributed by atoms with van der Waals surface area (Å²) >= 11 is 0. The highest BCUT2D eigenvalue weighted by Crippen LogP contribution is 2.33. The Hall–Kier alpha value is -1.71. The van der Waals surface area contributed by atoms with E-state index in [0.717, 1.165) is 22.6 Å². The molecule has 0 spiro atoms. The first-order valence-electron chi connectivity index (χ1n) is 6.15. The van der Waals surface area contributed by atoms with Crippen molar-refractivity contribution in [2.45, 2.75) is 27.2 Å². The van der Waals surface area contributed by atoms with E-state index >= 15 is 0 Å². The number of ether oxygens (including phenoxy) is 3. The molecule has 0 aromatic heterocycles. The number of carbonyl (C=O) groups excluding carboxylic acids is 1. The van der Waals surface area contributed by atoms with Crippen molar-refractivity contribution in [3.63, 3.8) is 0 Å². The minimum Gasteiger partial charge on any atom is -0.496 e. The number of rotatable bonds is 5. The number of benzene rings is 1. The fourth-order valence-corrected chi connectivity index (χ4v) is 2.08. The molecular weight excluding hydrogens is 244 g/mol. The van der Waals surface area contributed by atoms with Crippen LogP contribution in [-0.4, -0.2) is 27.3 Å². The Labute approximate surface area is 114 Å². The van der Waals surface area contributed by atoms with Gasteiger partial charge in [-0.1, -0.05) is 0 Å². The van der Waals surface area contributed by atoms with Crippen LogP contribution in [0.5, 0.6) is 11.5 Å². The molecule has 19 heavy (non-hydrogen) atoms. The summed E-state index contributed by atoms with van der Waals surface area (Å²) in [5.41, 5.74) is 1.32. The Morgan fingerprint density at radius 2 is 1.68 bits per heavy atom. The molecule has 0 amide bonds. The van der Waals surface area contributed by atoms with E-state index in [1.807, 2.05) is 32.9 Å². The molecule has 0 aliphatic heterocycles. The van der Waals surface area contributed by atoms with Crippen LogP contribution in [0, 0.1) is 12.3 Å². The van der Waals surface area contributed by atoms with Gasteiger partial charge in [0, 0.05) is 0 Å². The van der Waals surface area contributed by atoms with Crippen LogP contribution >= 0.6 is 0 Å². The summed E-state index contributed by atoms with van der Waals surface area (Å²) in [7, 11) is 4.65. The summed E-state index contributed by atoms with van der Waals surface area (Å²) in [6, 6.07) is 3.83. The van der Waals surface area contributed by atoms with Gasteiger partial charge < -0.3 is 14.2 Å². The summed E-state index contributed by atoms with van der Waals surface area (Å²) in [5.74, 6) is 1.31. The highest BCUT2D eigenvalue weighted by molar-refractivity contribution is 5.76. The first-order valence-corrected chi connectivity index (χ1v) is 6.15. The molecule has 0 saturated carbocycles. The third kappa shape index (κ3) is 3.40. The van der Waals surface area contributed by atoms with E-state index in [9.17, 15) is 4.79 Å². The van der Waals surface area contributed by atoms with Gasteiger partial charge in [0.05, 0.1) is 26.7 Å². The number of carbonyl (C=O) groups is 1. The smallest absolute Gasteiger partial charge is 0.311 e. The number of hydrogen-bond donors (Lipinski definition) is 0. The van der Waals surface area contributed by atoms with Crippen molar-refractivity contribution in [3.8, 4) is 11.5 Å². The van der Waals surface area contributed by atoms with Gasteiger partial charge in [-0.2, -0.15) is 0 Å². The third-order valence-corrected chi connectivity index (χ3v) is 3.17. The van der Waals surface area contributed by atoms with Crippen LogP contribution in [-0.2, 0) is 16.0 Å². The van der Waals surface area contributed by atoms with Gasteiger partial charge in [0.15, 0.2) is 0 Å². The van der Waals surface area contributed by atoms with E-state index in [4.69, 9.17) is 14.2 Å². The van der Waals surface area contributed by atoms with Gasteiger partial charge in [-0.05, 0) is 50.5 Å². The fraction of sp³-hybridized carbons (Fsp3) is 0.533. The van der Waals surface area contributed by atoms with Crippen molar-refractivity contribution in [2.75, 3.05) is 21.3 Å². The molecule has 1 aromatic rings. The quantitative estimate of drug-likeness (QED) is 0.769. The number of esters is 1. The summed E-state index contributed by atoms with van der Waals surface area (Å²) in [5, 5.41) is 0. The molecule has 0 N–H and O–H groups in total. The van der Waals surface area contributed by atoms with Crippen molar-refractivity contribution < 1.29 is 19.0 Å². The van der Waals surface area contributed by atoms with E-state index in [2.05, 4.69) is 0 Å². The molecule has 0 atom stereocenters. The van der Waals surface area contributed by atoms with Gasteiger partial charge in [-0.3, -0.25) is 4.79 Å². The molecule has 0 radical (unpaired) electrons. The third-order valence-electron chi connectivity index (χ3n) is 3.17. The summed E-state index contributed by atoms with van der Waals surface area (Å²) in [6.45, 7) is 5.66. The molecule has 0 unspecified atom stereocenters. The molecular formula is C15H22O4. The first-order chi connectivity index (χ1) is 8.85. The standard InChI is InChI=1S/C15H22O4/c1-10-7-13(18-5)11(8-12(10)17-4)9-15(2,3)14(16)19-6/h7-8H,9H2,1-6H3. The van der Waals surface area contributed by atoms with Crippen LogP contribution in [0.3, 0.4) is 0 Å². The first kappa shape index (κ1) is 15.3. The lowest BCUT2D eigenvalue weighted by Gasteiger charge is -2.23. The van der Waals surface area contributed by atoms with Crippen LogP contribution in [0.1, 0.15) is 25.0 Å². The summed E-state index contributed by atoms with van der Waals surface area (Å²) in [6.07, 6.45) is 0.527. The van der Waals surface area contributed by atoms with Crippen molar-refractivity contribution in [1.82, 2.24) is 0 Å². The number of methoxy groups -OCH3 is 3. The molecule has 4 nitrogen and oxygen atoms in total. The lowest BCUT2D eigenvalue weighted by Crippen LogP contribution is -2.28. The van der Waals surface area contributed by atoms with E-state index < -0.39 is 5.41 Å². The minimum atomic E-state index is -0.609. The average Bonchev–Trinajstić information content (AvgIpc) is 2.38. The normalized spacial score (nSPS) is 11.1. The Morgan fingerprint density at radius 1 is 1.11 bits per heavy atom. The highest BCUT2D eigenvalue weighted by Gasteiger charge is 2.30. The zero-order valence-electron chi connectivity index (χ0n) is 12.5. The molecule has 4 heteroatoms. The SMILES string of the molecule is COC(=O)C(C)(C)Cc1cc(OC)c(C)cc1OC. The van der Waals surface area contributed by atoms with Crippen LogP contribution in [0.2, 0.25) is 0 Å². The van der Waals surface area contributed by atoms with Gasteiger partial charge in [0.25, 0.3) is 0 Å². The van der Waals surface area contributed by atoms with E-state index in [1.165, 1.54) is 7.11 Å². The maximum Gasteiger partial charge on any atom is 0.311 e. The summed E-state index contributed by atoms with van der Waals surface area (Å²) in [4.78, 5) is 11.8. The maximum atomic E-state index is 11.8. The molecule has 1 rings (SSSR count). The minimum absolute atomic E-state index is 0.242. The number of hydrogen-bond acceptors (Lipinski definition) is 4. The fourth-order valence-electron chi connectivity index (χ4n) is 2.08. The molecule has 0 heterocycles. The van der Waals surface area contributed by atoms with Gasteiger partial charge in [-0.25, -0.2) is 0 Å². The average molecular weight is 266 g/mol. The van der Waals surface area contributed by atoms with Crippen LogP contribution in [0.25, 0.3) is 0 Å². The lowest BCUT2D eigenvalue weighted by atomic mass is 9.85. The van der Waals surface area contributed by atoms with Crippen LogP contribution < -0.4 is 9.47 Å². The lowest BCUT2D eigenvalue weighted by molar-refractivity contribution is -0.150. The van der Waals surface area contributed by atoms with E-state index in [1.54, 1.807) is 14.2 Å². The second-order valence-electron chi connectivity index (χ2n) is 5.19. The predicted molar refractivity (Wildman–Crippen MR) is 73.8 cm³/mol. The Morgan fingerprint density at radius 3 is 2.16 bits per heavy atom. The van der Waals surface area contributed by atoms with Gasteiger partial charge in [0.2, 0.25) is 0 Å². The Bertz CT molecular complexity index is 463. The molecule has 0 aliphatic carbocycles.